The van der Waals surface area contributed by atoms with Gasteiger partial charge in [-0.2, -0.15) is 0 Å². The predicted octanol–water partition coefficient (Wildman–Crippen LogP) is 2.40. The number of rotatable bonds is 4. The zero-order chi connectivity index (χ0) is 16.4. The van der Waals surface area contributed by atoms with Crippen LogP contribution in [0.5, 0.6) is 0 Å². The molecule has 23 heavy (non-hydrogen) atoms. The fourth-order valence-corrected chi connectivity index (χ4v) is 2.38. The van der Waals surface area contributed by atoms with Crippen LogP contribution in [0.3, 0.4) is 0 Å². The van der Waals surface area contributed by atoms with Gasteiger partial charge in [0.2, 0.25) is 0 Å². The highest BCUT2D eigenvalue weighted by atomic mass is 16.4. The van der Waals surface area contributed by atoms with Crippen LogP contribution in [0.25, 0.3) is 16.9 Å². The molecule has 0 aliphatic heterocycles. The molecule has 0 aliphatic carbocycles. The minimum Gasteiger partial charge on any atom is -0.478 e. The summed E-state index contributed by atoms with van der Waals surface area (Å²) in [7, 11) is 0. The zero-order valence-corrected chi connectivity index (χ0v) is 12.6. The summed E-state index contributed by atoms with van der Waals surface area (Å²) in [6.07, 6.45) is 0. The van der Waals surface area contributed by atoms with E-state index >= 15 is 0 Å². The van der Waals surface area contributed by atoms with Crippen LogP contribution in [0.1, 0.15) is 21.6 Å². The third kappa shape index (κ3) is 2.84. The van der Waals surface area contributed by atoms with Crippen molar-refractivity contribution in [2.45, 2.75) is 13.5 Å². The molecule has 0 atom stereocenters. The molecule has 0 radical (unpaired) electrons. The quantitative estimate of drug-likeness (QED) is 0.772. The lowest BCUT2D eigenvalue weighted by molar-refractivity contribution is 0.0697. The summed E-state index contributed by atoms with van der Waals surface area (Å²) in [6, 6.07) is 14.5. The number of aryl methyl sites for hydroxylation is 1. The van der Waals surface area contributed by atoms with Gasteiger partial charge in [0.25, 0.3) is 0 Å². The number of carbonyl (C=O) groups is 1. The van der Waals surface area contributed by atoms with Crippen molar-refractivity contribution in [1.29, 1.82) is 0 Å². The lowest BCUT2D eigenvalue weighted by atomic mass is 10.1. The van der Waals surface area contributed by atoms with Gasteiger partial charge >= 0.3 is 5.97 Å². The van der Waals surface area contributed by atoms with Crippen molar-refractivity contribution in [3.8, 4) is 16.9 Å². The largest absolute Gasteiger partial charge is 0.478 e. The van der Waals surface area contributed by atoms with Crippen molar-refractivity contribution in [2.75, 3.05) is 0 Å². The Morgan fingerprint density at radius 2 is 1.78 bits per heavy atom. The first-order chi connectivity index (χ1) is 11.1. The molecule has 3 aromatic rings. The summed E-state index contributed by atoms with van der Waals surface area (Å²) in [5.41, 5.74) is 10.4. The summed E-state index contributed by atoms with van der Waals surface area (Å²) in [6.45, 7) is 2.30. The molecule has 0 aliphatic rings. The Bertz CT molecular complexity index is 836. The molecule has 1 aromatic heterocycles. The van der Waals surface area contributed by atoms with Crippen molar-refractivity contribution in [3.63, 3.8) is 0 Å². The Balaban J connectivity index is 2.11. The van der Waals surface area contributed by atoms with Gasteiger partial charge in [0.05, 0.1) is 16.9 Å². The van der Waals surface area contributed by atoms with Crippen LogP contribution in [-0.4, -0.2) is 26.1 Å². The molecular formula is C17H16N4O2. The normalized spacial score (nSPS) is 10.7. The Morgan fingerprint density at radius 3 is 2.35 bits per heavy atom. The maximum atomic E-state index is 11.0. The van der Waals surface area contributed by atoms with Crippen LogP contribution < -0.4 is 5.73 Å². The number of carboxylic acids is 1. The lowest BCUT2D eigenvalue weighted by Gasteiger charge is -2.08. The number of aromatic carboxylic acids is 1. The third-order valence-electron chi connectivity index (χ3n) is 3.62. The predicted molar refractivity (Wildman–Crippen MR) is 86.4 cm³/mol. The number of benzene rings is 2. The Labute approximate surface area is 133 Å². The summed E-state index contributed by atoms with van der Waals surface area (Å²) in [5.74, 6) is -0.962. The van der Waals surface area contributed by atoms with Gasteiger partial charge < -0.3 is 10.8 Å². The Kier molecular flexibility index (Phi) is 3.91. The van der Waals surface area contributed by atoms with Gasteiger partial charge in [0.1, 0.15) is 5.69 Å². The maximum absolute atomic E-state index is 11.0. The smallest absolute Gasteiger partial charge is 0.335 e. The van der Waals surface area contributed by atoms with Crippen LogP contribution in [0, 0.1) is 6.92 Å². The van der Waals surface area contributed by atoms with E-state index in [4.69, 9.17) is 10.8 Å². The van der Waals surface area contributed by atoms with E-state index in [-0.39, 0.29) is 12.1 Å². The Morgan fingerprint density at radius 1 is 1.13 bits per heavy atom. The highest BCUT2D eigenvalue weighted by Crippen LogP contribution is 2.25. The second kappa shape index (κ2) is 6.02. The van der Waals surface area contributed by atoms with Gasteiger partial charge in [-0.25, -0.2) is 9.48 Å². The molecule has 2 aromatic carbocycles. The zero-order valence-electron chi connectivity index (χ0n) is 12.6. The summed E-state index contributed by atoms with van der Waals surface area (Å²) in [4.78, 5) is 11.0. The molecule has 116 valence electrons. The first-order valence-corrected chi connectivity index (χ1v) is 7.15. The lowest BCUT2D eigenvalue weighted by Crippen LogP contribution is -2.03. The second-order valence-corrected chi connectivity index (χ2v) is 5.22. The highest BCUT2D eigenvalue weighted by molar-refractivity contribution is 5.87. The molecule has 0 amide bonds. The van der Waals surface area contributed by atoms with Crippen molar-refractivity contribution >= 4 is 5.97 Å². The summed E-state index contributed by atoms with van der Waals surface area (Å²) in [5, 5.41) is 17.3. The van der Waals surface area contributed by atoms with Gasteiger partial charge in [-0.1, -0.05) is 35.0 Å². The van der Waals surface area contributed by atoms with Crippen LogP contribution in [-0.2, 0) is 6.54 Å². The number of hydrogen-bond acceptors (Lipinski definition) is 4. The molecule has 0 saturated carbocycles. The first-order valence-electron chi connectivity index (χ1n) is 7.15. The number of nitrogens with two attached hydrogens (primary N) is 1. The molecule has 6 nitrogen and oxygen atoms in total. The maximum Gasteiger partial charge on any atom is 0.335 e. The molecule has 0 fully saturated rings. The van der Waals surface area contributed by atoms with Crippen molar-refractivity contribution in [1.82, 2.24) is 15.0 Å². The fraction of sp³-hybridized carbons (Fsp3) is 0.118. The van der Waals surface area contributed by atoms with Gasteiger partial charge in [-0.05, 0) is 31.2 Å². The molecule has 6 heteroatoms. The minimum absolute atomic E-state index is 0.227. The number of hydrogen-bond donors (Lipinski definition) is 2. The van der Waals surface area contributed by atoms with E-state index < -0.39 is 5.97 Å². The average molecular weight is 308 g/mol. The minimum atomic E-state index is -0.962. The molecule has 3 N–H and O–H groups in total. The average Bonchev–Trinajstić information content (AvgIpc) is 2.99. The Hall–Kier alpha value is -2.99. The van der Waals surface area contributed by atoms with E-state index in [2.05, 4.69) is 10.3 Å². The van der Waals surface area contributed by atoms with E-state index in [1.807, 2.05) is 31.2 Å². The fourth-order valence-electron chi connectivity index (χ4n) is 2.38. The molecule has 0 unspecified atom stereocenters. The molecule has 0 saturated heterocycles. The molecule has 3 rings (SSSR count). The van der Waals surface area contributed by atoms with Crippen LogP contribution >= 0.6 is 0 Å². The standard InChI is InChI=1S/C17H16N4O2/c1-11-2-4-12(5-3-11)16-15(10-18)19-20-21(16)14-8-6-13(7-9-14)17(22)23/h2-9H,10,18H2,1H3,(H,22,23). The van der Waals surface area contributed by atoms with E-state index in [1.54, 1.807) is 28.9 Å². The molecule has 1 heterocycles. The van der Waals surface area contributed by atoms with Crippen LogP contribution in [0.15, 0.2) is 48.5 Å². The van der Waals surface area contributed by atoms with Gasteiger partial charge in [-0.15, -0.1) is 5.10 Å². The number of aromatic nitrogens is 3. The molecule has 0 bridgehead atoms. The first kappa shape index (κ1) is 14.9. The van der Waals surface area contributed by atoms with Crippen LogP contribution in [0.2, 0.25) is 0 Å². The second-order valence-electron chi connectivity index (χ2n) is 5.22. The van der Waals surface area contributed by atoms with Crippen molar-refractivity contribution < 1.29 is 9.90 Å². The molecular weight excluding hydrogens is 292 g/mol. The van der Waals surface area contributed by atoms with E-state index in [9.17, 15) is 4.79 Å². The van der Waals surface area contributed by atoms with E-state index in [0.717, 1.165) is 22.5 Å². The van der Waals surface area contributed by atoms with Crippen molar-refractivity contribution in [2.24, 2.45) is 5.73 Å². The van der Waals surface area contributed by atoms with Gasteiger partial charge in [0.15, 0.2) is 0 Å². The van der Waals surface area contributed by atoms with Crippen LogP contribution in [0.4, 0.5) is 0 Å². The van der Waals surface area contributed by atoms with Gasteiger partial charge in [0, 0.05) is 12.1 Å². The highest BCUT2D eigenvalue weighted by Gasteiger charge is 2.15. The number of carboxylic acid groups (broad SMARTS) is 1. The third-order valence-corrected chi connectivity index (χ3v) is 3.62. The number of nitrogens with zero attached hydrogens (tertiary/aromatic N) is 3. The van der Waals surface area contributed by atoms with Gasteiger partial charge in [-0.3, -0.25) is 0 Å². The summed E-state index contributed by atoms with van der Waals surface area (Å²) >= 11 is 0. The van der Waals surface area contributed by atoms with E-state index in [1.165, 1.54) is 0 Å². The molecule has 0 spiro atoms. The van der Waals surface area contributed by atoms with Crippen molar-refractivity contribution in [3.05, 3.63) is 65.4 Å². The summed E-state index contributed by atoms with van der Waals surface area (Å²) < 4.78 is 1.68. The SMILES string of the molecule is Cc1ccc(-c2c(CN)nnn2-c2ccc(C(=O)O)cc2)cc1. The van der Waals surface area contributed by atoms with E-state index in [0.29, 0.717) is 5.69 Å². The topological polar surface area (TPSA) is 94.0 Å². The monoisotopic (exact) mass is 308 g/mol.